The number of rotatable bonds is 7. The summed E-state index contributed by atoms with van der Waals surface area (Å²) in [6.07, 6.45) is 1.82. The average Bonchev–Trinajstić information content (AvgIpc) is 3.09. The monoisotopic (exact) mass is 370 g/mol. The van der Waals surface area contributed by atoms with E-state index in [-0.39, 0.29) is 11.7 Å². The van der Waals surface area contributed by atoms with Crippen LogP contribution in [-0.2, 0) is 16.1 Å². The molecule has 1 N–H and O–H groups in total. The third-order valence-corrected chi connectivity index (χ3v) is 4.58. The summed E-state index contributed by atoms with van der Waals surface area (Å²) in [4.78, 5) is 18.0. The van der Waals surface area contributed by atoms with Crippen molar-refractivity contribution in [1.29, 1.82) is 0 Å². The van der Waals surface area contributed by atoms with Crippen molar-refractivity contribution in [2.45, 2.75) is 31.8 Å². The number of carbonyl (C=O) groups excluding carboxylic acids is 1. The minimum atomic E-state index is -1.02. The summed E-state index contributed by atoms with van der Waals surface area (Å²) in [6, 6.07) is 14.0. The zero-order valence-corrected chi connectivity index (χ0v) is 15.5. The van der Waals surface area contributed by atoms with Gasteiger partial charge in [-0.25, -0.2) is 4.39 Å². The second kappa shape index (κ2) is 8.20. The van der Waals surface area contributed by atoms with Crippen LogP contribution in [0.25, 0.3) is 0 Å². The van der Waals surface area contributed by atoms with Crippen LogP contribution in [-0.4, -0.2) is 30.9 Å². The summed E-state index contributed by atoms with van der Waals surface area (Å²) in [5, 5.41) is 6.98. The number of ether oxygens (including phenoxy) is 1. The maximum Gasteiger partial charge on any atom is 0.267 e. The van der Waals surface area contributed by atoms with Crippen LogP contribution >= 0.6 is 0 Å². The lowest BCUT2D eigenvalue weighted by atomic mass is 9.95. The van der Waals surface area contributed by atoms with Crippen LogP contribution in [0.4, 0.5) is 4.39 Å². The molecule has 0 aromatic heterocycles. The van der Waals surface area contributed by atoms with Gasteiger partial charge in [0.1, 0.15) is 11.6 Å². The Morgan fingerprint density at radius 3 is 2.78 bits per heavy atom. The van der Waals surface area contributed by atoms with Crippen LogP contribution in [0, 0.1) is 5.82 Å². The van der Waals surface area contributed by atoms with Gasteiger partial charge in [0.05, 0.1) is 12.8 Å². The quantitative estimate of drug-likeness (QED) is 0.760. The van der Waals surface area contributed by atoms with E-state index in [4.69, 9.17) is 9.57 Å². The Kier molecular flexibility index (Phi) is 5.74. The molecule has 1 atom stereocenters. The average molecular weight is 370 g/mol. The van der Waals surface area contributed by atoms with Gasteiger partial charge in [0.2, 0.25) is 5.60 Å². The van der Waals surface area contributed by atoms with Gasteiger partial charge in [0, 0.05) is 13.0 Å². The van der Waals surface area contributed by atoms with E-state index in [0.29, 0.717) is 19.4 Å². The normalized spacial score (nSPS) is 18.6. The molecule has 1 aliphatic heterocycles. The van der Waals surface area contributed by atoms with Gasteiger partial charge in [-0.3, -0.25) is 4.79 Å². The number of benzene rings is 2. The fourth-order valence-electron chi connectivity index (χ4n) is 2.97. The van der Waals surface area contributed by atoms with Crippen molar-refractivity contribution in [1.82, 2.24) is 5.32 Å². The Hall–Kier alpha value is -2.89. The zero-order chi connectivity index (χ0) is 19.3. The van der Waals surface area contributed by atoms with Gasteiger partial charge in [0.25, 0.3) is 5.91 Å². The highest BCUT2D eigenvalue weighted by Crippen LogP contribution is 2.27. The van der Waals surface area contributed by atoms with E-state index in [2.05, 4.69) is 10.5 Å². The van der Waals surface area contributed by atoms with Gasteiger partial charge in [0.15, 0.2) is 0 Å². The topological polar surface area (TPSA) is 59.9 Å². The predicted molar refractivity (Wildman–Crippen MR) is 101 cm³/mol. The number of amides is 1. The molecular formula is C21H23FN2O3. The molecule has 27 heavy (non-hydrogen) atoms. The minimum absolute atomic E-state index is 0.200. The van der Waals surface area contributed by atoms with E-state index in [1.54, 1.807) is 20.1 Å². The number of hydrogen-bond acceptors (Lipinski definition) is 4. The Morgan fingerprint density at radius 1 is 1.30 bits per heavy atom. The fraction of sp³-hybridized carbons (Fsp3) is 0.333. The van der Waals surface area contributed by atoms with Crippen molar-refractivity contribution in [3.63, 3.8) is 0 Å². The third kappa shape index (κ3) is 4.64. The molecule has 1 unspecified atom stereocenters. The van der Waals surface area contributed by atoms with Crippen molar-refractivity contribution in [3.05, 3.63) is 65.5 Å². The molecule has 1 heterocycles. The molecule has 3 rings (SSSR count). The second-order valence-electron chi connectivity index (χ2n) is 6.75. The molecule has 6 heteroatoms. The minimum Gasteiger partial charge on any atom is -0.497 e. The van der Waals surface area contributed by atoms with E-state index in [1.807, 2.05) is 30.3 Å². The lowest BCUT2D eigenvalue weighted by Gasteiger charge is -2.20. The van der Waals surface area contributed by atoms with Gasteiger partial charge in [-0.1, -0.05) is 17.3 Å². The Morgan fingerprint density at radius 2 is 2.07 bits per heavy atom. The first-order valence-electron chi connectivity index (χ1n) is 8.92. The number of aryl methyl sites for hydroxylation is 1. The van der Waals surface area contributed by atoms with Crippen molar-refractivity contribution in [2.75, 3.05) is 13.7 Å². The van der Waals surface area contributed by atoms with Crippen molar-refractivity contribution in [2.24, 2.45) is 5.16 Å². The number of hydrogen-bond donors (Lipinski definition) is 1. The number of halogens is 1. The standard InChI is InChI=1S/C21H23FN2O3/c1-21(14-19(24-27-21)16-8-10-18(26-2)11-9-16)20(25)23-12-4-6-15-5-3-7-17(22)13-15/h3,5,7-11,13H,4,6,12,14H2,1-2H3,(H,23,25). The third-order valence-electron chi connectivity index (χ3n) is 4.58. The van der Waals surface area contributed by atoms with Crippen LogP contribution in [0.15, 0.2) is 53.7 Å². The molecule has 142 valence electrons. The van der Waals surface area contributed by atoms with Gasteiger partial charge in [-0.05, 0) is 67.3 Å². The summed E-state index contributed by atoms with van der Waals surface area (Å²) in [6.45, 7) is 2.22. The summed E-state index contributed by atoms with van der Waals surface area (Å²) in [5.74, 6) is 0.317. The molecule has 1 amide bonds. The SMILES string of the molecule is COc1ccc(C2=NOC(C)(C(=O)NCCCc3cccc(F)c3)C2)cc1. The van der Waals surface area contributed by atoms with Crippen LogP contribution in [0.3, 0.4) is 0 Å². The molecule has 0 saturated carbocycles. The van der Waals surface area contributed by atoms with Crippen molar-refractivity contribution < 1.29 is 18.8 Å². The molecule has 0 saturated heterocycles. The molecule has 0 fully saturated rings. The summed E-state index contributed by atoms with van der Waals surface area (Å²) < 4.78 is 18.3. The van der Waals surface area contributed by atoms with E-state index in [9.17, 15) is 9.18 Å². The summed E-state index contributed by atoms with van der Waals surface area (Å²) in [7, 11) is 1.61. The van der Waals surface area contributed by atoms with Gasteiger partial charge < -0.3 is 14.9 Å². The van der Waals surface area contributed by atoms with Gasteiger partial charge >= 0.3 is 0 Å². The van der Waals surface area contributed by atoms with Crippen molar-refractivity contribution in [3.8, 4) is 5.75 Å². The highest BCUT2D eigenvalue weighted by atomic mass is 19.1. The number of carbonyl (C=O) groups is 1. The molecule has 2 aromatic carbocycles. The van der Waals surface area contributed by atoms with E-state index in [0.717, 1.165) is 29.0 Å². The predicted octanol–water partition coefficient (Wildman–Crippen LogP) is 3.47. The molecule has 0 spiro atoms. The highest BCUT2D eigenvalue weighted by Gasteiger charge is 2.41. The van der Waals surface area contributed by atoms with Crippen molar-refractivity contribution >= 4 is 11.6 Å². The lowest BCUT2D eigenvalue weighted by Crippen LogP contribution is -2.45. The molecule has 5 nitrogen and oxygen atoms in total. The van der Waals surface area contributed by atoms with E-state index < -0.39 is 5.60 Å². The van der Waals surface area contributed by atoms with Crippen LogP contribution < -0.4 is 10.1 Å². The summed E-state index contributed by atoms with van der Waals surface area (Å²) >= 11 is 0. The number of nitrogens with one attached hydrogen (secondary N) is 1. The molecule has 0 radical (unpaired) electrons. The molecule has 0 bridgehead atoms. The first kappa shape index (κ1) is 18.9. The van der Waals surface area contributed by atoms with Crippen LogP contribution in [0.1, 0.15) is 30.9 Å². The first-order valence-corrected chi connectivity index (χ1v) is 8.92. The number of methoxy groups -OCH3 is 1. The highest BCUT2D eigenvalue weighted by molar-refractivity contribution is 6.05. The molecule has 1 aliphatic rings. The number of oxime groups is 1. The molecule has 0 aliphatic carbocycles. The lowest BCUT2D eigenvalue weighted by molar-refractivity contribution is -0.141. The summed E-state index contributed by atoms with van der Waals surface area (Å²) in [5.41, 5.74) is 1.53. The maximum atomic E-state index is 13.2. The Labute approximate surface area is 158 Å². The van der Waals surface area contributed by atoms with Gasteiger partial charge in [-0.2, -0.15) is 0 Å². The number of nitrogens with zero attached hydrogens (tertiary/aromatic N) is 1. The van der Waals surface area contributed by atoms with Gasteiger partial charge in [-0.15, -0.1) is 0 Å². The first-order chi connectivity index (χ1) is 13.0. The fourth-order valence-corrected chi connectivity index (χ4v) is 2.97. The second-order valence-corrected chi connectivity index (χ2v) is 6.75. The van der Waals surface area contributed by atoms with Crippen LogP contribution in [0.5, 0.6) is 5.75 Å². The Bertz CT molecular complexity index is 836. The van der Waals surface area contributed by atoms with E-state index >= 15 is 0 Å². The largest absolute Gasteiger partial charge is 0.497 e. The molecule has 2 aromatic rings. The van der Waals surface area contributed by atoms with E-state index in [1.165, 1.54) is 12.1 Å². The molecular weight excluding hydrogens is 347 g/mol. The smallest absolute Gasteiger partial charge is 0.267 e. The maximum absolute atomic E-state index is 13.2. The Balaban J connectivity index is 1.48. The zero-order valence-electron chi connectivity index (χ0n) is 15.5. The van der Waals surface area contributed by atoms with Crippen LogP contribution in [0.2, 0.25) is 0 Å².